The highest BCUT2D eigenvalue weighted by atomic mass is 19.4. The van der Waals surface area contributed by atoms with Gasteiger partial charge in [-0.1, -0.05) is 30.3 Å². The number of urea groups is 1. The SMILES string of the molecule is O=C(NC1CCN(C(=O)Nc2ccccc2)CC1)c1ccccc1C(F)(F)F. The molecule has 3 rings (SSSR count). The van der Waals surface area contributed by atoms with Crippen LogP contribution in [0.25, 0.3) is 0 Å². The number of carbonyl (C=O) groups excluding carboxylic acids is 2. The molecule has 0 atom stereocenters. The van der Waals surface area contributed by atoms with Crippen molar-refractivity contribution in [3.63, 3.8) is 0 Å². The first-order valence-corrected chi connectivity index (χ1v) is 8.92. The molecule has 1 aliphatic rings. The highest BCUT2D eigenvalue weighted by molar-refractivity contribution is 5.96. The summed E-state index contributed by atoms with van der Waals surface area (Å²) in [6, 6.07) is 13.2. The third kappa shape index (κ3) is 4.82. The Labute approximate surface area is 160 Å². The average molecular weight is 391 g/mol. The Morgan fingerprint density at radius 1 is 0.929 bits per heavy atom. The predicted octanol–water partition coefficient (Wildman–Crippen LogP) is 4.13. The van der Waals surface area contributed by atoms with E-state index in [0.717, 1.165) is 6.07 Å². The number of nitrogens with zero attached hydrogens (tertiary/aromatic N) is 1. The summed E-state index contributed by atoms with van der Waals surface area (Å²) in [7, 11) is 0. The second-order valence-corrected chi connectivity index (χ2v) is 6.57. The second kappa shape index (κ2) is 8.33. The monoisotopic (exact) mass is 391 g/mol. The van der Waals surface area contributed by atoms with Gasteiger partial charge in [-0.3, -0.25) is 4.79 Å². The molecule has 1 fully saturated rings. The van der Waals surface area contributed by atoms with Crippen LogP contribution in [0, 0.1) is 0 Å². The maximum absolute atomic E-state index is 13.1. The van der Waals surface area contributed by atoms with E-state index in [1.165, 1.54) is 18.2 Å². The summed E-state index contributed by atoms with van der Waals surface area (Å²) in [4.78, 5) is 26.2. The molecule has 0 aliphatic carbocycles. The Kier molecular flexibility index (Phi) is 5.87. The number of nitrogens with one attached hydrogen (secondary N) is 2. The molecule has 3 amide bonds. The van der Waals surface area contributed by atoms with Gasteiger partial charge in [-0.05, 0) is 37.1 Å². The van der Waals surface area contributed by atoms with Crippen molar-refractivity contribution in [2.45, 2.75) is 25.1 Å². The normalized spacial score (nSPS) is 15.2. The quantitative estimate of drug-likeness (QED) is 0.827. The lowest BCUT2D eigenvalue weighted by Crippen LogP contribution is -2.47. The van der Waals surface area contributed by atoms with Crippen LogP contribution in [0.1, 0.15) is 28.8 Å². The number of hydrogen-bond acceptors (Lipinski definition) is 2. The standard InChI is InChI=1S/C20H20F3N3O2/c21-20(22,23)17-9-5-4-8-16(17)18(27)24-15-10-12-26(13-11-15)19(28)25-14-6-2-1-3-7-14/h1-9,15H,10-13H2,(H,24,27)(H,25,28). The molecule has 2 aromatic rings. The second-order valence-electron chi connectivity index (χ2n) is 6.57. The number of anilines is 1. The lowest BCUT2D eigenvalue weighted by Gasteiger charge is -2.32. The van der Waals surface area contributed by atoms with E-state index in [1.54, 1.807) is 17.0 Å². The number of amides is 3. The van der Waals surface area contributed by atoms with Gasteiger partial charge >= 0.3 is 12.2 Å². The van der Waals surface area contributed by atoms with E-state index in [-0.39, 0.29) is 17.6 Å². The first kappa shape index (κ1) is 19.7. The molecule has 2 N–H and O–H groups in total. The summed E-state index contributed by atoms with van der Waals surface area (Å²) in [5.41, 5.74) is -0.655. The third-order valence-corrected chi connectivity index (χ3v) is 4.62. The number of halogens is 3. The zero-order valence-corrected chi connectivity index (χ0v) is 15.0. The van der Waals surface area contributed by atoms with Gasteiger partial charge < -0.3 is 15.5 Å². The topological polar surface area (TPSA) is 61.4 Å². The van der Waals surface area contributed by atoms with Crippen molar-refractivity contribution in [3.8, 4) is 0 Å². The van der Waals surface area contributed by atoms with Crippen LogP contribution in [0.5, 0.6) is 0 Å². The fourth-order valence-electron chi connectivity index (χ4n) is 3.14. The lowest BCUT2D eigenvalue weighted by atomic mass is 10.0. The number of alkyl halides is 3. The van der Waals surface area contributed by atoms with Crippen LogP contribution in [0.3, 0.4) is 0 Å². The Morgan fingerprint density at radius 3 is 2.18 bits per heavy atom. The molecule has 5 nitrogen and oxygen atoms in total. The van der Waals surface area contributed by atoms with Gasteiger partial charge in [0, 0.05) is 24.8 Å². The summed E-state index contributed by atoms with van der Waals surface area (Å²) in [5, 5.41) is 5.45. The lowest BCUT2D eigenvalue weighted by molar-refractivity contribution is -0.137. The van der Waals surface area contributed by atoms with Gasteiger partial charge in [0.15, 0.2) is 0 Å². The van der Waals surface area contributed by atoms with Crippen molar-refractivity contribution < 1.29 is 22.8 Å². The maximum Gasteiger partial charge on any atom is 0.417 e. The predicted molar refractivity (Wildman–Crippen MR) is 99.0 cm³/mol. The van der Waals surface area contributed by atoms with E-state index in [0.29, 0.717) is 31.6 Å². The number of piperidine rings is 1. The number of para-hydroxylation sites is 1. The zero-order chi connectivity index (χ0) is 20.1. The maximum atomic E-state index is 13.1. The summed E-state index contributed by atoms with van der Waals surface area (Å²) in [6.07, 6.45) is -3.64. The van der Waals surface area contributed by atoms with Crippen LogP contribution in [0.15, 0.2) is 54.6 Å². The van der Waals surface area contributed by atoms with Gasteiger partial charge in [-0.15, -0.1) is 0 Å². The van der Waals surface area contributed by atoms with Crippen LogP contribution in [0.2, 0.25) is 0 Å². The van der Waals surface area contributed by atoms with E-state index in [9.17, 15) is 22.8 Å². The molecule has 28 heavy (non-hydrogen) atoms. The molecule has 0 saturated carbocycles. The van der Waals surface area contributed by atoms with Crippen molar-refractivity contribution in [1.29, 1.82) is 0 Å². The number of carbonyl (C=O) groups is 2. The first-order chi connectivity index (χ1) is 13.3. The highest BCUT2D eigenvalue weighted by Gasteiger charge is 2.35. The Morgan fingerprint density at radius 2 is 1.54 bits per heavy atom. The van der Waals surface area contributed by atoms with Crippen molar-refractivity contribution in [2.24, 2.45) is 0 Å². The number of rotatable bonds is 3. The molecule has 2 aromatic carbocycles. The molecule has 1 aliphatic heterocycles. The van der Waals surface area contributed by atoms with Crippen LogP contribution in [-0.4, -0.2) is 36.0 Å². The molecule has 1 saturated heterocycles. The van der Waals surface area contributed by atoms with Crippen molar-refractivity contribution in [3.05, 3.63) is 65.7 Å². The summed E-state index contributed by atoms with van der Waals surface area (Å²) >= 11 is 0. The Hall–Kier alpha value is -3.03. The van der Waals surface area contributed by atoms with E-state index >= 15 is 0 Å². The van der Waals surface area contributed by atoms with Gasteiger partial charge in [-0.25, -0.2) is 4.79 Å². The van der Waals surface area contributed by atoms with Gasteiger partial charge in [0.1, 0.15) is 0 Å². The summed E-state index contributed by atoms with van der Waals surface area (Å²) in [5.74, 6) is -0.750. The number of hydrogen-bond donors (Lipinski definition) is 2. The van der Waals surface area contributed by atoms with Crippen LogP contribution < -0.4 is 10.6 Å². The fraction of sp³-hybridized carbons (Fsp3) is 0.300. The molecule has 0 unspecified atom stereocenters. The molecule has 0 spiro atoms. The molecular weight excluding hydrogens is 371 g/mol. The van der Waals surface area contributed by atoms with E-state index in [1.807, 2.05) is 18.2 Å². The molecule has 0 aromatic heterocycles. The van der Waals surface area contributed by atoms with Gasteiger partial charge in [0.25, 0.3) is 5.91 Å². The fourth-order valence-corrected chi connectivity index (χ4v) is 3.14. The smallest absolute Gasteiger partial charge is 0.349 e. The van der Waals surface area contributed by atoms with Crippen molar-refractivity contribution >= 4 is 17.6 Å². The summed E-state index contributed by atoms with van der Waals surface area (Å²) < 4.78 is 39.2. The van der Waals surface area contributed by atoms with Gasteiger partial charge in [0.2, 0.25) is 0 Å². The molecule has 0 radical (unpaired) electrons. The minimum atomic E-state index is -4.59. The summed E-state index contributed by atoms with van der Waals surface area (Å²) in [6.45, 7) is 0.815. The number of benzene rings is 2. The Balaban J connectivity index is 1.55. The molecular formula is C20H20F3N3O2. The third-order valence-electron chi connectivity index (χ3n) is 4.62. The molecule has 0 bridgehead atoms. The van der Waals surface area contributed by atoms with Crippen LogP contribution in [-0.2, 0) is 6.18 Å². The minimum Gasteiger partial charge on any atom is -0.349 e. The van der Waals surface area contributed by atoms with Crippen molar-refractivity contribution in [1.82, 2.24) is 10.2 Å². The van der Waals surface area contributed by atoms with E-state index < -0.39 is 17.6 Å². The molecule has 1 heterocycles. The number of likely N-dealkylation sites (tertiary alicyclic amines) is 1. The van der Waals surface area contributed by atoms with Gasteiger partial charge in [0.05, 0.1) is 11.1 Å². The minimum absolute atomic E-state index is 0.238. The van der Waals surface area contributed by atoms with Gasteiger partial charge in [-0.2, -0.15) is 13.2 Å². The Bertz CT molecular complexity index is 832. The zero-order valence-electron chi connectivity index (χ0n) is 15.0. The van der Waals surface area contributed by atoms with Crippen molar-refractivity contribution in [2.75, 3.05) is 18.4 Å². The largest absolute Gasteiger partial charge is 0.417 e. The molecule has 8 heteroatoms. The van der Waals surface area contributed by atoms with Crippen LogP contribution >= 0.6 is 0 Å². The van der Waals surface area contributed by atoms with E-state index in [2.05, 4.69) is 10.6 Å². The van der Waals surface area contributed by atoms with E-state index in [4.69, 9.17) is 0 Å². The first-order valence-electron chi connectivity index (χ1n) is 8.92. The average Bonchev–Trinajstić information content (AvgIpc) is 2.68. The highest BCUT2D eigenvalue weighted by Crippen LogP contribution is 2.31. The molecule has 148 valence electrons. The van der Waals surface area contributed by atoms with Crippen LogP contribution in [0.4, 0.5) is 23.7 Å².